The number of aryl methyl sites for hydroxylation is 1. The highest BCUT2D eigenvalue weighted by molar-refractivity contribution is 7.14. The summed E-state index contributed by atoms with van der Waals surface area (Å²) in [6.07, 6.45) is 1.81. The maximum Gasteiger partial charge on any atom is 0.252 e. The average molecular weight is 367 g/mol. The van der Waals surface area contributed by atoms with Crippen molar-refractivity contribution in [2.24, 2.45) is 0 Å². The molecule has 1 atom stereocenters. The molecule has 7 heteroatoms. The van der Waals surface area contributed by atoms with Gasteiger partial charge in [-0.2, -0.15) is 0 Å². The molecule has 24 heavy (non-hydrogen) atoms. The van der Waals surface area contributed by atoms with Gasteiger partial charge in [0.25, 0.3) is 5.24 Å². The first kappa shape index (κ1) is 17.4. The van der Waals surface area contributed by atoms with Crippen LogP contribution < -0.4 is 4.74 Å². The van der Waals surface area contributed by atoms with Crippen molar-refractivity contribution >= 4 is 28.2 Å². The van der Waals surface area contributed by atoms with E-state index in [1.54, 1.807) is 23.5 Å². The number of thiazole rings is 1. The zero-order chi connectivity index (χ0) is 17.1. The fourth-order valence-corrected chi connectivity index (χ4v) is 3.37. The van der Waals surface area contributed by atoms with E-state index < -0.39 is 5.24 Å². The molecular weight excluding hydrogens is 348 g/mol. The van der Waals surface area contributed by atoms with Crippen molar-refractivity contribution < 1.29 is 14.3 Å². The quantitative estimate of drug-likeness (QED) is 0.760. The Labute approximate surface area is 150 Å². The van der Waals surface area contributed by atoms with Gasteiger partial charge in [-0.15, -0.1) is 11.3 Å². The maximum atomic E-state index is 11.6. The summed E-state index contributed by atoms with van der Waals surface area (Å²) in [6, 6.07) is 5.50. The highest BCUT2D eigenvalue weighted by atomic mass is 35.5. The van der Waals surface area contributed by atoms with E-state index >= 15 is 0 Å². The smallest absolute Gasteiger partial charge is 0.252 e. The monoisotopic (exact) mass is 366 g/mol. The van der Waals surface area contributed by atoms with Crippen LogP contribution in [0.4, 0.5) is 0 Å². The Morgan fingerprint density at radius 1 is 1.50 bits per heavy atom. The SMILES string of the molecule is Cc1cnc(-c2cc(OC[C@@H]3COCCN3C)cc(C(=O)Cl)c2)s1. The minimum atomic E-state index is -0.506. The molecule has 1 aromatic carbocycles. The molecule has 0 N–H and O–H groups in total. The molecule has 2 aromatic rings. The number of likely N-dealkylation sites (N-methyl/N-ethyl adjacent to an activating group) is 1. The number of rotatable bonds is 5. The molecule has 1 fully saturated rings. The van der Waals surface area contributed by atoms with Crippen molar-refractivity contribution in [2.45, 2.75) is 13.0 Å². The Balaban J connectivity index is 1.81. The number of morpholine rings is 1. The molecular formula is C17H19ClN2O3S. The van der Waals surface area contributed by atoms with E-state index in [9.17, 15) is 4.79 Å². The van der Waals surface area contributed by atoms with Crippen LogP contribution in [-0.2, 0) is 4.74 Å². The Hall–Kier alpha value is -1.47. The zero-order valence-electron chi connectivity index (χ0n) is 13.6. The van der Waals surface area contributed by atoms with Crippen molar-refractivity contribution in [1.29, 1.82) is 0 Å². The van der Waals surface area contributed by atoms with Gasteiger partial charge in [0, 0.05) is 28.7 Å². The van der Waals surface area contributed by atoms with E-state index in [-0.39, 0.29) is 6.04 Å². The standard InChI is InChI=1S/C17H19ClN2O3S/c1-11-8-19-17(24-11)13-5-12(16(18)21)6-15(7-13)23-10-14-9-22-4-3-20(14)2/h5-8,14H,3-4,9-10H2,1-2H3/t14-/m0/s1. The lowest BCUT2D eigenvalue weighted by Crippen LogP contribution is -2.46. The summed E-state index contributed by atoms with van der Waals surface area (Å²) in [6.45, 7) is 4.76. The highest BCUT2D eigenvalue weighted by Crippen LogP contribution is 2.30. The van der Waals surface area contributed by atoms with Gasteiger partial charge < -0.3 is 9.47 Å². The molecule has 1 aliphatic heterocycles. The van der Waals surface area contributed by atoms with Crippen molar-refractivity contribution in [1.82, 2.24) is 9.88 Å². The molecule has 5 nitrogen and oxygen atoms in total. The summed E-state index contributed by atoms with van der Waals surface area (Å²) in [7, 11) is 2.05. The Morgan fingerprint density at radius 3 is 3.00 bits per heavy atom. The third-order valence-corrected chi connectivity index (χ3v) is 5.15. The second-order valence-corrected chi connectivity index (χ2v) is 7.39. The molecule has 3 rings (SSSR count). The molecule has 1 aliphatic rings. The van der Waals surface area contributed by atoms with Crippen LogP contribution in [0, 0.1) is 6.92 Å². The number of nitrogens with zero attached hydrogens (tertiary/aromatic N) is 2. The average Bonchev–Trinajstić information content (AvgIpc) is 3.00. The van der Waals surface area contributed by atoms with Crippen molar-refractivity contribution in [2.75, 3.05) is 33.4 Å². The number of hydrogen-bond donors (Lipinski definition) is 0. The maximum absolute atomic E-state index is 11.6. The second-order valence-electron chi connectivity index (χ2n) is 5.82. The first-order chi connectivity index (χ1) is 11.5. The predicted octanol–water partition coefficient (Wildman–Crippen LogP) is 3.21. The van der Waals surface area contributed by atoms with Gasteiger partial charge in [0.05, 0.1) is 19.3 Å². The van der Waals surface area contributed by atoms with Crippen LogP contribution in [0.2, 0.25) is 0 Å². The van der Waals surface area contributed by atoms with Crippen LogP contribution in [0.1, 0.15) is 15.2 Å². The van der Waals surface area contributed by atoms with Crippen molar-refractivity contribution in [3.8, 4) is 16.3 Å². The number of carbonyl (C=O) groups is 1. The van der Waals surface area contributed by atoms with Crippen LogP contribution in [0.25, 0.3) is 10.6 Å². The largest absolute Gasteiger partial charge is 0.492 e. The Kier molecular flexibility index (Phi) is 5.50. The minimum absolute atomic E-state index is 0.194. The molecule has 0 unspecified atom stereocenters. The van der Waals surface area contributed by atoms with Gasteiger partial charge in [0.1, 0.15) is 17.4 Å². The van der Waals surface area contributed by atoms with Crippen molar-refractivity contribution in [3.63, 3.8) is 0 Å². The van der Waals surface area contributed by atoms with Crippen LogP contribution in [-0.4, -0.2) is 54.6 Å². The van der Waals surface area contributed by atoms with E-state index in [1.807, 2.05) is 19.2 Å². The number of benzene rings is 1. The lowest BCUT2D eigenvalue weighted by Gasteiger charge is -2.32. The minimum Gasteiger partial charge on any atom is -0.492 e. The molecule has 0 bridgehead atoms. The molecule has 0 spiro atoms. The number of ether oxygens (including phenoxy) is 2. The summed E-state index contributed by atoms with van der Waals surface area (Å²) < 4.78 is 11.4. The van der Waals surface area contributed by atoms with Crippen molar-refractivity contribution in [3.05, 3.63) is 34.8 Å². The molecule has 0 radical (unpaired) electrons. The highest BCUT2D eigenvalue weighted by Gasteiger charge is 2.20. The molecule has 0 aliphatic carbocycles. The van der Waals surface area contributed by atoms with Gasteiger partial charge in [-0.25, -0.2) is 4.98 Å². The van der Waals surface area contributed by atoms with E-state index in [0.717, 1.165) is 28.6 Å². The number of halogens is 1. The van der Waals surface area contributed by atoms with Gasteiger partial charge in [-0.3, -0.25) is 9.69 Å². The molecule has 2 heterocycles. The molecule has 1 saturated heterocycles. The van der Waals surface area contributed by atoms with Crippen LogP contribution in [0.5, 0.6) is 5.75 Å². The van der Waals surface area contributed by atoms with E-state index in [1.165, 1.54) is 0 Å². The first-order valence-corrected chi connectivity index (χ1v) is 8.91. The molecule has 1 aromatic heterocycles. The third kappa shape index (κ3) is 4.13. The molecule has 0 saturated carbocycles. The summed E-state index contributed by atoms with van der Waals surface area (Å²) in [4.78, 5) is 19.3. The van der Waals surface area contributed by atoms with Crippen LogP contribution in [0.15, 0.2) is 24.4 Å². The summed E-state index contributed by atoms with van der Waals surface area (Å²) in [5.74, 6) is 0.614. The van der Waals surface area contributed by atoms with E-state index in [4.69, 9.17) is 21.1 Å². The lowest BCUT2D eigenvalue weighted by molar-refractivity contribution is -0.0108. The predicted molar refractivity (Wildman–Crippen MR) is 95.2 cm³/mol. The van der Waals surface area contributed by atoms with Crippen LogP contribution in [0.3, 0.4) is 0 Å². The summed E-state index contributed by atoms with van der Waals surface area (Å²) >= 11 is 7.24. The number of hydrogen-bond acceptors (Lipinski definition) is 6. The normalized spacial score (nSPS) is 18.5. The fourth-order valence-electron chi connectivity index (χ4n) is 2.51. The third-order valence-electron chi connectivity index (χ3n) is 3.97. The second kappa shape index (κ2) is 7.61. The number of carbonyl (C=O) groups excluding carboxylic acids is 1. The number of aromatic nitrogens is 1. The Bertz CT molecular complexity index is 734. The molecule has 0 amide bonds. The Morgan fingerprint density at radius 2 is 2.33 bits per heavy atom. The van der Waals surface area contributed by atoms with Gasteiger partial charge in [0.2, 0.25) is 0 Å². The lowest BCUT2D eigenvalue weighted by atomic mass is 10.1. The summed E-state index contributed by atoms with van der Waals surface area (Å²) in [5, 5.41) is 0.336. The zero-order valence-corrected chi connectivity index (χ0v) is 15.2. The van der Waals surface area contributed by atoms with Gasteiger partial charge in [-0.05, 0) is 43.8 Å². The van der Waals surface area contributed by atoms with E-state index in [0.29, 0.717) is 24.5 Å². The van der Waals surface area contributed by atoms with Crippen LogP contribution >= 0.6 is 22.9 Å². The molecule has 128 valence electrons. The first-order valence-electron chi connectivity index (χ1n) is 7.71. The fraction of sp³-hybridized carbons (Fsp3) is 0.412. The topological polar surface area (TPSA) is 51.7 Å². The summed E-state index contributed by atoms with van der Waals surface area (Å²) in [5.41, 5.74) is 1.24. The van der Waals surface area contributed by atoms with Gasteiger partial charge in [-0.1, -0.05) is 0 Å². The van der Waals surface area contributed by atoms with Gasteiger partial charge in [0.15, 0.2) is 0 Å². The van der Waals surface area contributed by atoms with Gasteiger partial charge >= 0.3 is 0 Å². The van der Waals surface area contributed by atoms with E-state index in [2.05, 4.69) is 16.9 Å².